The second-order valence-corrected chi connectivity index (χ2v) is 2.85. The van der Waals surface area contributed by atoms with Crippen LogP contribution in [0.3, 0.4) is 0 Å². The topological polar surface area (TPSA) is 138 Å². The fourth-order valence-electron chi connectivity index (χ4n) is 0.820. The first-order valence-electron chi connectivity index (χ1n) is 3.92. The zero-order valence-corrected chi connectivity index (χ0v) is 7.26. The van der Waals surface area contributed by atoms with Gasteiger partial charge in [-0.05, 0) is 0 Å². The molecule has 0 bridgehead atoms. The molecule has 0 aromatic rings. The molecule has 5 atom stereocenters. The van der Waals surface area contributed by atoms with E-state index in [9.17, 15) is 4.79 Å². The van der Waals surface area contributed by atoms with E-state index in [2.05, 4.69) is 0 Å². The summed E-state index contributed by atoms with van der Waals surface area (Å²) in [7, 11) is 0. The van der Waals surface area contributed by atoms with Gasteiger partial charge in [0.2, 0.25) is 0 Å². The Bertz CT molecular complexity index is 173. The van der Waals surface area contributed by atoms with E-state index in [0.717, 1.165) is 0 Å². The largest absolute Gasteiger partial charge is 0.394 e. The van der Waals surface area contributed by atoms with Crippen LogP contribution < -0.4 is 0 Å². The molecule has 0 aliphatic heterocycles. The standard InChI is InChI=1S/C7H14O7/c8-1-3(10)5(12)7(14)6(13)4(11)2-9/h1,3-7,9-14H,2H2/t3-,4-,5+,6-,7+/m0/s1. The van der Waals surface area contributed by atoms with Crippen LogP contribution in [-0.2, 0) is 4.79 Å². The van der Waals surface area contributed by atoms with E-state index in [1.54, 1.807) is 0 Å². The third kappa shape index (κ3) is 3.29. The molecule has 0 saturated heterocycles. The number of aliphatic hydroxyl groups is 6. The first kappa shape index (κ1) is 13.4. The van der Waals surface area contributed by atoms with Gasteiger partial charge in [0.05, 0.1) is 6.61 Å². The summed E-state index contributed by atoms with van der Waals surface area (Å²) in [6, 6.07) is 0. The number of aliphatic hydroxyl groups excluding tert-OH is 6. The monoisotopic (exact) mass is 210 g/mol. The summed E-state index contributed by atoms with van der Waals surface area (Å²) >= 11 is 0. The van der Waals surface area contributed by atoms with Crippen LogP contribution in [0, 0.1) is 0 Å². The third-order valence-corrected chi connectivity index (χ3v) is 1.77. The smallest absolute Gasteiger partial charge is 0.151 e. The van der Waals surface area contributed by atoms with E-state index >= 15 is 0 Å². The number of carbonyl (C=O) groups excluding carboxylic acids is 1. The van der Waals surface area contributed by atoms with Gasteiger partial charge in [0, 0.05) is 0 Å². The molecular weight excluding hydrogens is 196 g/mol. The van der Waals surface area contributed by atoms with Gasteiger partial charge in [-0.15, -0.1) is 0 Å². The fraction of sp³-hybridized carbons (Fsp3) is 0.857. The lowest BCUT2D eigenvalue weighted by Crippen LogP contribution is -2.50. The molecule has 0 spiro atoms. The molecule has 0 saturated carbocycles. The number of aldehydes is 1. The number of hydrogen-bond acceptors (Lipinski definition) is 7. The maximum absolute atomic E-state index is 10.00. The molecule has 0 aromatic carbocycles. The summed E-state index contributed by atoms with van der Waals surface area (Å²) in [5.74, 6) is 0. The number of hydrogen-bond donors (Lipinski definition) is 6. The molecule has 0 aliphatic rings. The quantitative estimate of drug-likeness (QED) is 0.245. The second-order valence-electron chi connectivity index (χ2n) is 2.85. The molecule has 84 valence electrons. The van der Waals surface area contributed by atoms with E-state index in [1.807, 2.05) is 0 Å². The van der Waals surface area contributed by atoms with Crippen LogP contribution >= 0.6 is 0 Å². The van der Waals surface area contributed by atoms with Crippen LogP contribution in [0.4, 0.5) is 0 Å². The molecule has 0 rings (SSSR count). The minimum atomic E-state index is -1.92. The Labute approximate surface area is 79.9 Å². The summed E-state index contributed by atoms with van der Waals surface area (Å²) in [6.45, 7) is -0.817. The highest BCUT2D eigenvalue weighted by molar-refractivity contribution is 5.56. The van der Waals surface area contributed by atoms with Crippen molar-refractivity contribution in [2.75, 3.05) is 6.61 Å². The van der Waals surface area contributed by atoms with E-state index in [1.165, 1.54) is 0 Å². The van der Waals surface area contributed by atoms with Crippen molar-refractivity contribution in [3.05, 3.63) is 0 Å². The Kier molecular flexibility index (Phi) is 5.77. The van der Waals surface area contributed by atoms with Gasteiger partial charge < -0.3 is 35.4 Å². The average Bonchev–Trinajstić information content (AvgIpc) is 2.23. The molecule has 14 heavy (non-hydrogen) atoms. The van der Waals surface area contributed by atoms with Crippen LogP contribution in [0.5, 0.6) is 0 Å². The van der Waals surface area contributed by atoms with Gasteiger partial charge in [0.1, 0.15) is 30.5 Å². The van der Waals surface area contributed by atoms with Crippen LogP contribution in [0.1, 0.15) is 0 Å². The maximum atomic E-state index is 10.00. The lowest BCUT2D eigenvalue weighted by atomic mass is 10.0. The van der Waals surface area contributed by atoms with Crippen molar-refractivity contribution in [2.45, 2.75) is 30.5 Å². The van der Waals surface area contributed by atoms with Crippen molar-refractivity contribution in [2.24, 2.45) is 0 Å². The average molecular weight is 210 g/mol. The van der Waals surface area contributed by atoms with Crippen LogP contribution in [-0.4, -0.2) is 74.1 Å². The summed E-state index contributed by atoms with van der Waals surface area (Å²) < 4.78 is 0. The SMILES string of the molecule is O=C[C@H](O)[C@@H](O)[C@@H](O)[C@@H](O)[C@@H](O)CO. The van der Waals surface area contributed by atoms with Gasteiger partial charge in [-0.2, -0.15) is 0 Å². The zero-order valence-electron chi connectivity index (χ0n) is 7.26. The van der Waals surface area contributed by atoms with Crippen molar-refractivity contribution < 1.29 is 35.4 Å². The lowest BCUT2D eigenvalue weighted by Gasteiger charge is -2.26. The highest BCUT2D eigenvalue weighted by Gasteiger charge is 2.33. The van der Waals surface area contributed by atoms with Crippen molar-refractivity contribution in [1.29, 1.82) is 0 Å². The highest BCUT2D eigenvalue weighted by Crippen LogP contribution is 2.07. The predicted molar refractivity (Wildman–Crippen MR) is 43.2 cm³/mol. The van der Waals surface area contributed by atoms with Crippen LogP contribution in [0.15, 0.2) is 0 Å². The van der Waals surface area contributed by atoms with Gasteiger partial charge in [0.15, 0.2) is 6.29 Å². The summed E-state index contributed by atoms with van der Waals surface area (Å²) in [5.41, 5.74) is 0. The van der Waals surface area contributed by atoms with Crippen molar-refractivity contribution in [3.63, 3.8) is 0 Å². The van der Waals surface area contributed by atoms with E-state index in [0.29, 0.717) is 0 Å². The molecule has 6 N–H and O–H groups in total. The number of rotatable bonds is 6. The molecule has 7 heteroatoms. The Morgan fingerprint density at radius 2 is 1.43 bits per heavy atom. The Hall–Kier alpha value is -0.570. The highest BCUT2D eigenvalue weighted by atomic mass is 16.4. The zero-order chi connectivity index (χ0) is 11.3. The molecule has 0 aliphatic carbocycles. The second kappa shape index (κ2) is 6.02. The van der Waals surface area contributed by atoms with Gasteiger partial charge in [-0.3, -0.25) is 0 Å². The van der Waals surface area contributed by atoms with Gasteiger partial charge in [0.25, 0.3) is 0 Å². The number of carbonyl (C=O) groups is 1. The molecule has 0 heterocycles. The molecule has 0 unspecified atom stereocenters. The lowest BCUT2D eigenvalue weighted by molar-refractivity contribution is -0.147. The van der Waals surface area contributed by atoms with Crippen LogP contribution in [0.2, 0.25) is 0 Å². The first-order valence-corrected chi connectivity index (χ1v) is 3.92. The summed E-state index contributed by atoms with van der Waals surface area (Å²) in [5, 5.41) is 53.2. The molecular formula is C7H14O7. The minimum Gasteiger partial charge on any atom is -0.394 e. The Morgan fingerprint density at radius 3 is 1.79 bits per heavy atom. The van der Waals surface area contributed by atoms with Crippen LogP contribution in [0.25, 0.3) is 0 Å². The van der Waals surface area contributed by atoms with Gasteiger partial charge in [-0.25, -0.2) is 0 Å². The molecule has 0 amide bonds. The van der Waals surface area contributed by atoms with Gasteiger partial charge in [-0.1, -0.05) is 0 Å². The molecule has 0 radical (unpaired) electrons. The molecule has 0 aromatic heterocycles. The van der Waals surface area contributed by atoms with E-state index in [4.69, 9.17) is 30.6 Å². The Morgan fingerprint density at radius 1 is 0.929 bits per heavy atom. The van der Waals surface area contributed by atoms with E-state index < -0.39 is 37.1 Å². The van der Waals surface area contributed by atoms with E-state index in [-0.39, 0.29) is 6.29 Å². The molecule has 7 nitrogen and oxygen atoms in total. The summed E-state index contributed by atoms with van der Waals surface area (Å²) in [6.07, 6.45) is -9.21. The first-order chi connectivity index (χ1) is 6.45. The third-order valence-electron chi connectivity index (χ3n) is 1.77. The van der Waals surface area contributed by atoms with Gasteiger partial charge >= 0.3 is 0 Å². The minimum absolute atomic E-state index is 0.0219. The predicted octanol–water partition coefficient (Wildman–Crippen LogP) is -4.02. The fourth-order valence-corrected chi connectivity index (χ4v) is 0.820. The van der Waals surface area contributed by atoms with Crippen molar-refractivity contribution >= 4 is 6.29 Å². The molecule has 0 fully saturated rings. The maximum Gasteiger partial charge on any atom is 0.151 e. The van der Waals surface area contributed by atoms with Crippen molar-refractivity contribution in [3.8, 4) is 0 Å². The summed E-state index contributed by atoms with van der Waals surface area (Å²) in [4.78, 5) is 10.00. The van der Waals surface area contributed by atoms with Crippen molar-refractivity contribution in [1.82, 2.24) is 0 Å². The Balaban J connectivity index is 4.29. The normalized spacial score (nSPS) is 22.1.